The van der Waals surface area contributed by atoms with Gasteiger partial charge in [0.1, 0.15) is 6.07 Å². The van der Waals surface area contributed by atoms with Crippen molar-refractivity contribution in [2.45, 2.75) is 26.7 Å². The molecule has 3 nitrogen and oxygen atoms in total. The molecule has 0 saturated carbocycles. The molecule has 3 heteroatoms. The molecular formula is C16H23N3. The van der Waals surface area contributed by atoms with Gasteiger partial charge in [-0.1, -0.05) is 19.1 Å². The molecule has 102 valence electrons. The normalized spacial score (nSPS) is 17.1. The minimum atomic E-state index is 0.743. The fourth-order valence-electron chi connectivity index (χ4n) is 2.62. The number of piperidine rings is 1. The first kappa shape index (κ1) is 13.9. The van der Waals surface area contributed by atoms with Gasteiger partial charge in [0.25, 0.3) is 0 Å². The van der Waals surface area contributed by atoms with Gasteiger partial charge in [-0.3, -0.25) is 0 Å². The number of hydrogen-bond acceptors (Lipinski definition) is 3. The molecule has 0 aromatic heterocycles. The van der Waals surface area contributed by atoms with Crippen molar-refractivity contribution in [3.63, 3.8) is 0 Å². The van der Waals surface area contributed by atoms with Crippen LogP contribution in [-0.2, 0) is 0 Å². The zero-order valence-electron chi connectivity index (χ0n) is 11.9. The Morgan fingerprint density at radius 3 is 2.79 bits per heavy atom. The summed E-state index contributed by atoms with van der Waals surface area (Å²) in [6.07, 6.45) is 2.63. The molecule has 1 saturated heterocycles. The number of anilines is 1. The molecular weight excluding hydrogens is 234 g/mol. The minimum absolute atomic E-state index is 0.743. The van der Waals surface area contributed by atoms with E-state index in [2.05, 4.69) is 23.2 Å². The summed E-state index contributed by atoms with van der Waals surface area (Å²) in [7, 11) is 0. The van der Waals surface area contributed by atoms with Crippen molar-refractivity contribution in [1.82, 2.24) is 4.90 Å². The molecule has 1 heterocycles. The van der Waals surface area contributed by atoms with Crippen LogP contribution in [0.2, 0.25) is 0 Å². The fourth-order valence-corrected chi connectivity index (χ4v) is 2.62. The van der Waals surface area contributed by atoms with E-state index in [0.717, 1.165) is 35.8 Å². The zero-order valence-corrected chi connectivity index (χ0v) is 11.9. The summed E-state index contributed by atoms with van der Waals surface area (Å²) in [6, 6.07) is 8.11. The largest absolute Gasteiger partial charge is 0.382 e. The van der Waals surface area contributed by atoms with Crippen LogP contribution in [-0.4, -0.2) is 31.1 Å². The summed E-state index contributed by atoms with van der Waals surface area (Å²) in [5.41, 5.74) is 2.88. The van der Waals surface area contributed by atoms with E-state index in [-0.39, 0.29) is 0 Å². The highest BCUT2D eigenvalue weighted by molar-refractivity contribution is 5.62. The van der Waals surface area contributed by atoms with E-state index in [1.54, 1.807) is 0 Å². The summed E-state index contributed by atoms with van der Waals surface area (Å²) in [6.45, 7) is 8.77. The number of rotatable bonds is 4. The Hall–Kier alpha value is -1.53. The van der Waals surface area contributed by atoms with E-state index < -0.39 is 0 Å². The molecule has 19 heavy (non-hydrogen) atoms. The molecule has 1 aromatic carbocycles. The van der Waals surface area contributed by atoms with Gasteiger partial charge in [-0.25, -0.2) is 0 Å². The van der Waals surface area contributed by atoms with Crippen LogP contribution in [0.5, 0.6) is 0 Å². The summed E-state index contributed by atoms with van der Waals surface area (Å²) in [4.78, 5) is 2.51. The summed E-state index contributed by atoms with van der Waals surface area (Å²) in [5.74, 6) is 0.880. The monoisotopic (exact) mass is 257 g/mol. The van der Waals surface area contributed by atoms with Crippen molar-refractivity contribution in [3.8, 4) is 6.07 Å². The van der Waals surface area contributed by atoms with Crippen LogP contribution in [0.15, 0.2) is 18.2 Å². The molecule has 0 bridgehead atoms. The number of para-hydroxylation sites is 1. The lowest BCUT2D eigenvalue weighted by molar-refractivity contribution is 0.199. The molecule has 1 N–H and O–H groups in total. The summed E-state index contributed by atoms with van der Waals surface area (Å²) in [5, 5.41) is 12.5. The third-order valence-corrected chi connectivity index (χ3v) is 4.00. The molecule has 0 radical (unpaired) electrons. The Morgan fingerprint density at radius 2 is 2.11 bits per heavy atom. The van der Waals surface area contributed by atoms with Crippen molar-refractivity contribution in [3.05, 3.63) is 29.3 Å². The van der Waals surface area contributed by atoms with Crippen LogP contribution in [0.3, 0.4) is 0 Å². The molecule has 1 aliphatic heterocycles. The van der Waals surface area contributed by atoms with E-state index in [0.29, 0.717) is 0 Å². The van der Waals surface area contributed by atoms with Crippen LogP contribution in [0.25, 0.3) is 0 Å². The Kier molecular flexibility index (Phi) is 4.81. The minimum Gasteiger partial charge on any atom is -0.382 e. The molecule has 0 aliphatic carbocycles. The lowest BCUT2D eigenvalue weighted by atomic mass is 9.99. The standard InChI is InChI=1S/C16H23N3/c1-13-6-9-19(10-7-13)11-8-18-16-14(2)4-3-5-15(16)12-17/h3-5,13,18H,6-11H2,1-2H3. The first-order valence-corrected chi connectivity index (χ1v) is 7.16. The van der Waals surface area contributed by atoms with E-state index in [9.17, 15) is 0 Å². The molecule has 1 aromatic rings. The summed E-state index contributed by atoms with van der Waals surface area (Å²) < 4.78 is 0. The molecule has 2 rings (SSSR count). The van der Waals surface area contributed by atoms with Gasteiger partial charge in [-0.05, 0) is 50.4 Å². The second-order valence-corrected chi connectivity index (χ2v) is 5.56. The topological polar surface area (TPSA) is 39.1 Å². The Labute approximate surface area is 116 Å². The molecule has 0 atom stereocenters. The smallest absolute Gasteiger partial charge is 0.101 e. The predicted molar refractivity (Wildman–Crippen MR) is 79.2 cm³/mol. The van der Waals surface area contributed by atoms with Gasteiger partial charge < -0.3 is 10.2 Å². The highest BCUT2D eigenvalue weighted by Crippen LogP contribution is 2.20. The summed E-state index contributed by atoms with van der Waals surface area (Å²) >= 11 is 0. The van der Waals surface area contributed by atoms with Gasteiger partial charge in [-0.2, -0.15) is 5.26 Å². The second kappa shape index (κ2) is 6.58. The Balaban J connectivity index is 1.85. The fraction of sp³-hybridized carbons (Fsp3) is 0.562. The maximum Gasteiger partial charge on any atom is 0.101 e. The lowest BCUT2D eigenvalue weighted by Crippen LogP contribution is -2.36. The highest BCUT2D eigenvalue weighted by atomic mass is 15.1. The lowest BCUT2D eigenvalue weighted by Gasteiger charge is -2.30. The first-order valence-electron chi connectivity index (χ1n) is 7.16. The van der Waals surface area contributed by atoms with E-state index in [1.807, 2.05) is 25.1 Å². The number of nitrogens with zero attached hydrogens (tertiary/aromatic N) is 2. The molecule has 1 fully saturated rings. The number of likely N-dealkylation sites (tertiary alicyclic amines) is 1. The van der Waals surface area contributed by atoms with Crippen molar-refractivity contribution in [2.24, 2.45) is 5.92 Å². The van der Waals surface area contributed by atoms with Crippen LogP contribution in [0, 0.1) is 24.2 Å². The number of benzene rings is 1. The number of aryl methyl sites for hydroxylation is 1. The molecule has 1 aliphatic rings. The number of hydrogen-bond donors (Lipinski definition) is 1. The van der Waals surface area contributed by atoms with Gasteiger partial charge in [0.15, 0.2) is 0 Å². The number of nitrogens with one attached hydrogen (secondary N) is 1. The maximum absolute atomic E-state index is 9.12. The van der Waals surface area contributed by atoms with Gasteiger partial charge in [0.05, 0.1) is 11.3 Å². The average molecular weight is 257 g/mol. The van der Waals surface area contributed by atoms with Crippen molar-refractivity contribution in [2.75, 3.05) is 31.5 Å². The van der Waals surface area contributed by atoms with Crippen LogP contribution >= 0.6 is 0 Å². The van der Waals surface area contributed by atoms with Crippen molar-refractivity contribution >= 4 is 5.69 Å². The van der Waals surface area contributed by atoms with Gasteiger partial charge >= 0.3 is 0 Å². The van der Waals surface area contributed by atoms with Gasteiger partial charge in [0, 0.05) is 13.1 Å². The Morgan fingerprint density at radius 1 is 1.37 bits per heavy atom. The van der Waals surface area contributed by atoms with Crippen molar-refractivity contribution < 1.29 is 0 Å². The number of nitriles is 1. The Bertz CT molecular complexity index is 454. The first-order chi connectivity index (χ1) is 9.20. The van der Waals surface area contributed by atoms with Crippen LogP contribution in [0.4, 0.5) is 5.69 Å². The highest BCUT2D eigenvalue weighted by Gasteiger charge is 2.15. The molecule has 0 unspecified atom stereocenters. The predicted octanol–water partition coefficient (Wildman–Crippen LogP) is 3.01. The van der Waals surface area contributed by atoms with Crippen LogP contribution < -0.4 is 5.32 Å². The molecule has 0 amide bonds. The third kappa shape index (κ3) is 3.71. The third-order valence-electron chi connectivity index (χ3n) is 4.00. The van der Waals surface area contributed by atoms with Gasteiger partial charge in [0.2, 0.25) is 0 Å². The second-order valence-electron chi connectivity index (χ2n) is 5.56. The van der Waals surface area contributed by atoms with E-state index in [4.69, 9.17) is 5.26 Å². The van der Waals surface area contributed by atoms with Gasteiger partial charge in [-0.15, -0.1) is 0 Å². The quantitative estimate of drug-likeness (QED) is 0.901. The zero-order chi connectivity index (χ0) is 13.7. The van der Waals surface area contributed by atoms with E-state index >= 15 is 0 Å². The SMILES string of the molecule is Cc1cccc(C#N)c1NCCN1CCC(C)CC1. The maximum atomic E-state index is 9.12. The molecule has 0 spiro atoms. The van der Waals surface area contributed by atoms with Crippen molar-refractivity contribution in [1.29, 1.82) is 5.26 Å². The van der Waals surface area contributed by atoms with Crippen LogP contribution in [0.1, 0.15) is 30.9 Å². The van der Waals surface area contributed by atoms with E-state index in [1.165, 1.54) is 25.9 Å². The average Bonchev–Trinajstić information content (AvgIpc) is 2.42.